The van der Waals surface area contributed by atoms with Crippen LogP contribution in [-0.4, -0.2) is 24.8 Å². The van der Waals surface area contributed by atoms with Gasteiger partial charge in [-0.15, -0.1) is 0 Å². The first-order valence-corrected chi connectivity index (χ1v) is 3.86. The van der Waals surface area contributed by atoms with Crippen molar-refractivity contribution >= 4 is 5.97 Å². The largest absolute Gasteiger partial charge is 0.459 e. The van der Waals surface area contributed by atoms with Gasteiger partial charge >= 0.3 is 5.97 Å². The Labute approximate surface area is 66.1 Å². The standard InChI is InChI=1S/C7H14N2O2/c1-5(10)11-6-3-2-4-9-7(6)8/h6-7,9H,2-4,8H2,1H3/t6-,7-/m0/s1. The van der Waals surface area contributed by atoms with Crippen LogP contribution >= 0.6 is 0 Å². The molecule has 0 spiro atoms. The molecule has 1 rings (SSSR count). The van der Waals surface area contributed by atoms with E-state index >= 15 is 0 Å². The van der Waals surface area contributed by atoms with E-state index in [1.807, 2.05) is 0 Å². The van der Waals surface area contributed by atoms with E-state index in [0.717, 1.165) is 19.4 Å². The van der Waals surface area contributed by atoms with Gasteiger partial charge in [0.1, 0.15) is 6.10 Å². The molecule has 0 aromatic rings. The average Bonchev–Trinajstić information content (AvgIpc) is 1.93. The summed E-state index contributed by atoms with van der Waals surface area (Å²) >= 11 is 0. The van der Waals surface area contributed by atoms with Crippen molar-refractivity contribution in [2.24, 2.45) is 5.73 Å². The summed E-state index contributed by atoms with van der Waals surface area (Å²) in [6, 6.07) is 0. The van der Waals surface area contributed by atoms with Crippen LogP contribution in [0.1, 0.15) is 19.8 Å². The highest BCUT2D eigenvalue weighted by Gasteiger charge is 2.23. The first kappa shape index (κ1) is 8.49. The predicted octanol–water partition coefficient (Wildman–Crippen LogP) is -0.414. The summed E-state index contributed by atoms with van der Waals surface area (Å²) in [6.07, 6.45) is 1.56. The first-order chi connectivity index (χ1) is 5.20. The van der Waals surface area contributed by atoms with Gasteiger partial charge in [0, 0.05) is 6.92 Å². The normalized spacial score (nSPS) is 31.5. The van der Waals surface area contributed by atoms with E-state index in [0.29, 0.717) is 0 Å². The van der Waals surface area contributed by atoms with Crippen LogP contribution in [0.3, 0.4) is 0 Å². The van der Waals surface area contributed by atoms with Gasteiger partial charge < -0.3 is 10.5 Å². The smallest absolute Gasteiger partial charge is 0.303 e. The minimum Gasteiger partial charge on any atom is -0.459 e. The molecule has 1 fully saturated rings. The average molecular weight is 158 g/mol. The molecule has 1 heterocycles. The van der Waals surface area contributed by atoms with Crippen LogP contribution in [0.25, 0.3) is 0 Å². The third-order valence-electron chi connectivity index (χ3n) is 1.76. The Balaban J connectivity index is 2.35. The molecule has 0 aliphatic carbocycles. The maximum absolute atomic E-state index is 10.6. The molecule has 0 unspecified atom stereocenters. The van der Waals surface area contributed by atoms with Crippen molar-refractivity contribution in [1.29, 1.82) is 0 Å². The number of carbonyl (C=O) groups excluding carboxylic acids is 1. The fourth-order valence-corrected chi connectivity index (χ4v) is 1.23. The number of nitrogens with one attached hydrogen (secondary N) is 1. The van der Waals surface area contributed by atoms with E-state index in [1.165, 1.54) is 6.92 Å². The Morgan fingerprint density at radius 2 is 2.45 bits per heavy atom. The highest BCUT2D eigenvalue weighted by atomic mass is 16.5. The minimum absolute atomic E-state index is 0.138. The van der Waals surface area contributed by atoms with E-state index in [1.54, 1.807) is 0 Å². The lowest BCUT2D eigenvalue weighted by Crippen LogP contribution is -2.52. The van der Waals surface area contributed by atoms with Gasteiger partial charge in [-0.05, 0) is 19.4 Å². The maximum Gasteiger partial charge on any atom is 0.303 e. The lowest BCUT2D eigenvalue weighted by molar-refractivity contribution is -0.149. The zero-order valence-corrected chi connectivity index (χ0v) is 6.67. The number of esters is 1. The molecular formula is C7H14N2O2. The molecule has 0 aromatic carbocycles. The Morgan fingerprint density at radius 3 is 3.00 bits per heavy atom. The van der Waals surface area contributed by atoms with E-state index in [2.05, 4.69) is 5.32 Å². The molecule has 0 aromatic heterocycles. The molecule has 3 N–H and O–H groups in total. The van der Waals surface area contributed by atoms with Gasteiger partial charge in [-0.1, -0.05) is 0 Å². The summed E-state index contributed by atoms with van der Waals surface area (Å²) in [4.78, 5) is 10.6. The summed E-state index contributed by atoms with van der Waals surface area (Å²) in [5, 5.41) is 3.04. The second-order valence-electron chi connectivity index (χ2n) is 2.77. The van der Waals surface area contributed by atoms with Crippen molar-refractivity contribution in [3.05, 3.63) is 0 Å². The van der Waals surface area contributed by atoms with Crippen molar-refractivity contribution < 1.29 is 9.53 Å². The molecule has 0 radical (unpaired) electrons. The van der Waals surface area contributed by atoms with Gasteiger partial charge in [0.2, 0.25) is 0 Å². The molecule has 1 aliphatic heterocycles. The summed E-state index contributed by atoms with van der Waals surface area (Å²) < 4.78 is 4.98. The molecule has 0 amide bonds. The molecule has 4 nitrogen and oxygen atoms in total. The van der Waals surface area contributed by atoms with E-state index in [9.17, 15) is 4.79 Å². The van der Waals surface area contributed by atoms with Crippen LogP contribution in [-0.2, 0) is 9.53 Å². The Hall–Kier alpha value is -0.610. The zero-order valence-electron chi connectivity index (χ0n) is 6.67. The third kappa shape index (κ3) is 2.48. The molecule has 64 valence electrons. The van der Waals surface area contributed by atoms with Gasteiger partial charge in [-0.25, -0.2) is 0 Å². The van der Waals surface area contributed by atoms with Crippen LogP contribution < -0.4 is 11.1 Å². The Morgan fingerprint density at radius 1 is 1.73 bits per heavy atom. The highest BCUT2D eigenvalue weighted by Crippen LogP contribution is 2.09. The number of ether oxygens (including phenoxy) is 1. The fraction of sp³-hybridized carbons (Fsp3) is 0.857. The summed E-state index contributed by atoms with van der Waals surface area (Å²) in [5.74, 6) is -0.255. The second kappa shape index (κ2) is 3.69. The van der Waals surface area contributed by atoms with Gasteiger partial charge in [-0.3, -0.25) is 10.1 Å². The van der Waals surface area contributed by atoms with Crippen LogP contribution in [0.4, 0.5) is 0 Å². The topological polar surface area (TPSA) is 64.3 Å². The van der Waals surface area contributed by atoms with Crippen molar-refractivity contribution in [3.8, 4) is 0 Å². The number of carbonyl (C=O) groups is 1. The molecule has 1 saturated heterocycles. The number of rotatable bonds is 1. The number of piperidine rings is 1. The first-order valence-electron chi connectivity index (χ1n) is 3.86. The van der Waals surface area contributed by atoms with Crippen LogP contribution in [0.5, 0.6) is 0 Å². The zero-order chi connectivity index (χ0) is 8.27. The van der Waals surface area contributed by atoms with Gasteiger partial charge in [-0.2, -0.15) is 0 Å². The van der Waals surface area contributed by atoms with Gasteiger partial charge in [0.15, 0.2) is 0 Å². The van der Waals surface area contributed by atoms with E-state index in [-0.39, 0.29) is 18.2 Å². The molecule has 0 bridgehead atoms. The molecule has 4 heteroatoms. The van der Waals surface area contributed by atoms with Crippen molar-refractivity contribution in [2.75, 3.05) is 6.54 Å². The van der Waals surface area contributed by atoms with Crippen molar-refractivity contribution in [2.45, 2.75) is 32.0 Å². The van der Waals surface area contributed by atoms with Gasteiger partial charge in [0.25, 0.3) is 0 Å². The maximum atomic E-state index is 10.6. The lowest BCUT2D eigenvalue weighted by Gasteiger charge is -2.28. The molecule has 1 aliphatic rings. The summed E-state index contributed by atoms with van der Waals surface area (Å²) in [6.45, 7) is 2.32. The molecule has 0 saturated carbocycles. The number of hydrogen-bond donors (Lipinski definition) is 2. The van der Waals surface area contributed by atoms with Crippen molar-refractivity contribution in [1.82, 2.24) is 5.32 Å². The van der Waals surface area contributed by atoms with Crippen LogP contribution in [0.2, 0.25) is 0 Å². The molecule has 2 atom stereocenters. The van der Waals surface area contributed by atoms with Gasteiger partial charge in [0.05, 0.1) is 6.17 Å². The molecular weight excluding hydrogens is 144 g/mol. The fourth-order valence-electron chi connectivity index (χ4n) is 1.23. The van der Waals surface area contributed by atoms with Crippen molar-refractivity contribution in [3.63, 3.8) is 0 Å². The van der Waals surface area contributed by atoms with E-state index in [4.69, 9.17) is 10.5 Å². The third-order valence-corrected chi connectivity index (χ3v) is 1.76. The SMILES string of the molecule is CC(=O)O[C@H]1CCCN[C@@H]1N. The number of nitrogens with two attached hydrogens (primary N) is 1. The second-order valence-corrected chi connectivity index (χ2v) is 2.77. The van der Waals surface area contributed by atoms with Crippen LogP contribution in [0, 0.1) is 0 Å². The van der Waals surface area contributed by atoms with Crippen LogP contribution in [0.15, 0.2) is 0 Å². The quantitative estimate of drug-likeness (QED) is 0.509. The summed E-state index contributed by atoms with van der Waals surface area (Å²) in [7, 11) is 0. The number of hydrogen-bond acceptors (Lipinski definition) is 4. The lowest BCUT2D eigenvalue weighted by atomic mass is 10.1. The summed E-state index contributed by atoms with van der Waals surface area (Å²) in [5.41, 5.74) is 5.64. The Kier molecular flexibility index (Phi) is 2.84. The van der Waals surface area contributed by atoms with E-state index < -0.39 is 0 Å². The Bertz CT molecular complexity index is 149. The highest BCUT2D eigenvalue weighted by molar-refractivity contribution is 5.66. The monoisotopic (exact) mass is 158 g/mol. The molecule has 11 heavy (non-hydrogen) atoms. The predicted molar refractivity (Wildman–Crippen MR) is 40.8 cm³/mol. The minimum atomic E-state index is -0.255.